The highest BCUT2D eigenvalue weighted by atomic mass is 16.5. The van der Waals surface area contributed by atoms with Crippen molar-refractivity contribution >= 4 is 11.6 Å². The molecule has 6 heteroatoms. The molecule has 1 fully saturated rings. The van der Waals surface area contributed by atoms with Crippen molar-refractivity contribution in [1.29, 1.82) is 0 Å². The van der Waals surface area contributed by atoms with Crippen LogP contribution in [-0.2, 0) is 0 Å². The third kappa shape index (κ3) is 3.74. The molecule has 2 heterocycles. The van der Waals surface area contributed by atoms with E-state index < -0.39 is 0 Å². The Balaban J connectivity index is 1.42. The first-order chi connectivity index (χ1) is 12.8. The highest BCUT2D eigenvalue weighted by Gasteiger charge is 2.16. The summed E-state index contributed by atoms with van der Waals surface area (Å²) in [7, 11) is 0. The lowest BCUT2D eigenvalue weighted by Crippen LogP contribution is -2.13. The number of carbonyl (C=O) groups is 1. The average molecular weight is 348 g/mol. The maximum Gasteiger partial charge on any atom is 0.255 e. The molecule has 1 N–H and O–H groups in total. The summed E-state index contributed by atoms with van der Waals surface area (Å²) in [5.41, 5.74) is 1.27. The van der Waals surface area contributed by atoms with Crippen molar-refractivity contribution in [2.75, 3.05) is 5.32 Å². The van der Waals surface area contributed by atoms with Gasteiger partial charge in [-0.15, -0.1) is 0 Å². The second-order valence-corrected chi connectivity index (χ2v) is 6.38. The number of pyridine rings is 1. The van der Waals surface area contributed by atoms with Crippen LogP contribution in [0, 0.1) is 0 Å². The highest BCUT2D eigenvalue weighted by Crippen LogP contribution is 2.25. The van der Waals surface area contributed by atoms with E-state index in [1.54, 1.807) is 41.6 Å². The van der Waals surface area contributed by atoms with Gasteiger partial charge in [-0.3, -0.25) is 9.36 Å². The average Bonchev–Trinajstić information content (AvgIpc) is 3.37. The fraction of sp³-hybridized carbons (Fsp3) is 0.250. The summed E-state index contributed by atoms with van der Waals surface area (Å²) in [6, 6.07) is 10.9. The molecule has 6 nitrogen and oxygen atoms in total. The minimum Gasteiger partial charge on any atom is -0.490 e. The molecular formula is C20H20N4O2. The molecule has 0 spiro atoms. The van der Waals surface area contributed by atoms with Gasteiger partial charge in [0.2, 0.25) is 0 Å². The van der Waals surface area contributed by atoms with Crippen molar-refractivity contribution in [2.45, 2.75) is 31.8 Å². The van der Waals surface area contributed by atoms with Gasteiger partial charge in [0.1, 0.15) is 17.9 Å². The van der Waals surface area contributed by atoms with Crippen LogP contribution in [-0.4, -0.2) is 26.5 Å². The highest BCUT2D eigenvalue weighted by molar-refractivity contribution is 6.04. The molecule has 1 aliphatic carbocycles. The largest absolute Gasteiger partial charge is 0.490 e. The van der Waals surface area contributed by atoms with Gasteiger partial charge < -0.3 is 10.1 Å². The molecule has 1 saturated carbocycles. The molecule has 1 amide bonds. The van der Waals surface area contributed by atoms with Crippen LogP contribution in [0.1, 0.15) is 36.0 Å². The zero-order valence-electron chi connectivity index (χ0n) is 14.3. The standard InChI is InChI=1S/C20H20N4O2/c25-20(15-9-10-22-19(13-15)24-12-11-21-14-24)23-16-5-7-18(8-6-16)26-17-3-1-2-4-17/h5-14,17H,1-4H2,(H,23,25). The lowest BCUT2D eigenvalue weighted by Gasteiger charge is -2.13. The number of imidazole rings is 1. The van der Waals surface area contributed by atoms with E-state index in [9.17, 15) is 4.79 Å². The van der Waals surface area contributed by atoms with Crippen LogP contribution >= 0.6 is 0 Å². The molecule has 0 bridgehead atoms. The van der Waals surface area contributed by atoms with E-state index >= 15 is 0 Å². The number of amides is 1. The van der Waals surface area contributed by atoms with E-state index in [0.29, 0.717) is 17.5 Å². The van der Waals surface area contributed by atoms with Crippen molar-refractivity contribution in [1.82, 2.24) is 14.5 Å². The molecule has 0 saturated heterocycles. The Morgan fingerprint density at radius 3 is 2.65 bits per heavy atom. The first-order valence-corrected chi connectivity index (χ1v) is 8.80. The van der Waals surface area contributed by atoms with Crippen LogP contribution in [0.2, 0.25) is 0 Å². The quantitative estimate of drug-likeness (QED) is 0.760. The predicted octanol–water partition coefficient (Wildman–Crippen LogP) is 3.84. The molecule has 26 heavy (non-hydrogen) atoms. The van der Waals surface area contributed by atoms with E-state index in [1.165, 1.54) is 12.8 Å². The number of carbonyl (C=O) groups excluding carboxylic acids is 1. The van der Waals surface area contributed by atoms with Crippen molar-refractivity contribution in [3.05, 3.63) is 66.9 Å². The Bertz CT molecular complexity index is 869. The van der Waals surface area contributed by atoms with E-state index in [0.717, 1.165) is 24.3 Å². The van der Waals surface area contributed by atoms with Crippen LogP contribution in [0.5, 0.6) is 5.75 Å². The summed E-state index contributed by atoms with van der Waals surface area (Å²) in [5.74, 6) is 1.31. The summed E-state index contributed by atoms with van der Waals surface area (Å²) in [6.07, 6.45) is 11.8. The van der Waals surface area contributed by atoms with Crippen LogP contribution in [0.3, 0.4) is 0 Å². The Labute approximate surface area is 151 Å². The fourth-order valence-corrected chi connectivity index (χ4v) is 3.11. The number of hydrogen-bond donors (Lipinski definition) is 1. The van der Waals surface area contributed by atoms with Crippen LogP contribution in [0.4, 0.5) is 5.69 Å². The molecule has 0 aliphatic heterocycles. The van der Waals surface area contributed by atoms with Crippen molar-refractivity contribution in [2.24, 2.45) is 0 Å². The van der Waals surface area contributed by atoms with Gasteiger partial charge in [-0.25, -0.2) is 9.97 Å². The lowest BCUT2D eigenvalue weighted by atomic mass is 10.2. The molecule has 1 aromatic carbocycles. The molecule has 132 valence electrons. The van der Waals surface area contributed by atoms with E-state index in [1.807, 2.05) is 24.3 Å². The van der Waals surface area contributed by atoms with Gasteiger partial charge in [0.05, 0.1) is 6.10 Å². The van der Waals surface area contributed by atoms with Crippen molar-refractivity contribution in [3.8, 4) is 11.6 Å². The summed E-state index contributed by atoms with van der Waals surface area (Å²) in [6.45, 7) is 0. The molecule has 2 aromatic heterocycles. The Hall–Kier alpha value is -3.15. The first-order valence-electron chi connectivity index (χ1n) is 8.80. The smallest absolute Gasteiger partial charge is 0.255 e. The van der Waals surface area contributed by atoms with Crippen LogP contribution < -0.4 is 10.1 Å². The second kappa shape index (κ2) is 7.39. The van der Waals surface area contributed by atoms with Gasteiger partial charge in [0, 0.05) is 29.8 Å². The Kier molecular flexibility index (Phi) is 4.64. The van der Waals surface area contributed by atoms with Gasteiger partial charge >= 0.3 is 0 Å². The van der Waals surface area contributed by atoms with Crippen LogP contribution in [0.15, 0.2) is 61.3 Å². The third-order valence-corrected chi connectivity index (χ3v) is 4.49. The number of nitrogens with zero attached hydrogens (tertiary/aromatic N) is 3. The van der Waals surface area contributed by atoms with Crippen LogP contribution in [0.25, 0.3) is 5.82 Å². The number of ether oxygens (including phenoxy) is 1. The lowest BCUT2D eigenvalue weighted by molar-refractivity contribution is 0.102. The normalized spacial score (nSPS) is 14.3. The molecule has 0 atom stereocenters. The minimum absolute atomic E-state index is 0.182. The summed E-state index contributed by atoms with van der Waals surface area (Å²) in [4.78, 5) is 20.8. The topological polar surface area (TPSA) is 69.0 Å². The summed E-state index contributed by atoms with van der Waals surface area (Å²) >= 11 is 0. The Morgan fingerprint density at radius 2 is 1.92 bits per heavy atom. The molecule has 4 rings (SSSR count). The van der Waals surface area contributed by atoms with Gasteiger partial charge in [-0.05, 0) is 62.1 Å². The molecule has 0 radical (unpaired) electrons. The van der Waals surface area contributed by atoms with Gasteiger partial charge in [0.25, 0.3) is 5.91 Å². The molecule has 3 aromatic rings. The van der Waals surface area contributed by atoms with E-state index in [4.69, 9.17) is 4.74 Å². The van der Waals surface area contributed by atoms with E-state index in [-0.39, 0.29) is 5.91 Å². The minimum atomic E-state index is -0.182. The Morgan fingerprint density at radius 1 is 1.12 bits per heavy atom. The fourth-order valence-electron chi connectivity index (χ4n) is 3.11. The third-order valence-electron chi connectivity index (χ3n) is 4.49. The van der Waals surface area contributed by atoms with Gasteiger partial charge in [-0.1, -0.05) is 0 Å². The second-order valence-electron chi connectivity index (χ2n) is 6.38. The van der Waals surface area contributed by atoms with Gasteiger partial charge in [-0.2, -0.15) is 0 Å². The number of rotatable bonds is 5. The predicted molar refractivity (Wildman–Crippen MR) is 98.6 cm³/mol. The zero-order valence-corrected chi connectivity index (χ0v) is 14.3. The maximum atomic E-state index is 12.5. The monoisotopic (exact) mass is 348 g/mol. The molecule has 1 aliphatic rings. The number of anilines is 1. The zero-order chi connectivity index (χ0) is 17.8. The molecule has 0 unspecified atom stereocenters. The summed E-state index contributed by atoms with van der Waals surface area (Å²) in [5, 5.41) is 2.90. The molecular weight excluding hydrogens is 328 g/mol. The maximum absolute atomic E-state index is 12.5. The van der Waals surface area contributed by atoms with Crippen molar-refractivity contribution in [3.63, 3.8) is 0 Å². The first kappa shape index (κ1) is 16.3. The number of aromatic nitrogens is 3. The van der Waals surface area contributed by atoms with E-state index in [2.05, 4.69) is 15.3 Å². The number of hydrogen-bond acceptors (Lipinski definition) is 4. The number of benzene rings is 1. The van der Waals surface area contributed by atoms with Gasteiger partial charge in [0.15, 0.2) is 0 Å². The SMILES string of the molecule is O=C(Nc1ccc(OC2CCCC2)cc1)c1ccnc(-n2ccnc2)c1. The summed E-state index contributed by atoms with van der Waals surface area (Å²) < 4.78 is 7.70. The number of nitrogens with one attached hydrogen (secondary N) is 1. The van der Waals surface area contributed by atoms with Crippen molar-refractivity contribution < 1.29 is 9.53 Å².